The van der Waals surface area contributed by atoms with E-state index in [9.17, 15) is 14.4 Å². The van der Waals surface area contributed by atoms with Gasteiger partial charge in [0.1, 0.15) is 10.9 Å². The second-order valence-electron chi connectivity index (χ2n) is 9.85. The Morgan fingerprint density at radius 3 is 2.36 bits per heavy atom. The minimum absolute atomic E-state index is 0.0314. The first-order valence-electron chi connectivity index (χ1n) is 12.7. The molecule has 2 unspecified atom stereocenters. The molecule has 0 spiro atoms. The number of aromatic nitrogens is 1. The van der Waals surface area contributed by atoms with Gasteiger partial charge in [0.15, 0.2) is 5.69 Å². The summed E-state index contributed by atoms with van der Waals surface area (Å²) in [6.07, 6.45) is 1.72. The molecule has 0 radical (unpaired) electrons. The second kappa shape index (κ2) is 11.8. The molecule has 0 bridgehead atoms. The van der Waals surface area contributed by atoms with Crippen LogP contribution in [0.15, 0.2) is 42.5 Å². The number of nitrogen functional groups attached to an aromatic ring is 1. The number of rotatable bonds is 9. The first-order chi connectivity index (χ1) is 18.6. The summed E-state index contributed by atoms with van der Waals surface area (Å²) in [7, 11) is 3.85. The number of aryl methyl sites for hydroxylation is 2. The molecule has 10 nitrogen and oxygen atoms in total. The number of nitrogens with one attached hydrogen (secondary N) is 1. The van der Waals surface area contributed by atoms with Crippen LogP contribution < -0.4 is 26.6 Å². The Hall–Kier alpha value is -3.96. The third-order valence-electron chi connectivity index (χ3n) is 6.90. The number of benzene rings is 2. The summed E-state index contributed by atoms with van der Waals surface area (Å²) in [6.45, 7) is 4.90. The molecule has 0 saturated carbocycles. The van der Waals surface area contributed by atoms with Crippen LogP contribution in [-0.4, -0.2) is 55.4 Å². The van der Waals surface area contributed by atoms with Crippen LogP contribution in [0.3, 0.4) is 0 Å². The Morgan fingerprint density at radius 1 is 1.10 bits per heavy atom. The quantitative estimate of drug-likeness (QED) is 0.371. The van der Waals surface area contributed by atoms with E-state index < -0.39 is 17.9 Å². The topological polar surface area (TPSA) is 144 Å². The Morgan fingerprint density at radius 2 is 1.79 bits per heavy atom. The van der Waals surface area contributed by atoms with Crippen molar-refractivity contribution in [1.82, 2.24) is 9.69 Å². The van der Waals surface area contributed by atoms with E-state index in [4.69, 9.17) is 16.2 Å². The van der Waals surface area contributed by atoms with E-state index in [2.05, 4.69) is 9.69 Å². The van der Waals surface area contributed by atoms with Crippen molar-refractivity contribution < 1.29 is 19.1 Å². The zero-order valence-electron chi connectivity index (χ0n) is 22.6. The number of nitrogens with zero attached hydrogens (tertiary/aromatic N) is 3. The predicted molar refractivity (Wildman–Crippen MR) is 153 cm³/mol. The third kappa shape index (κ3) is 6.04. The summed E-state index contributed by atoms with van der Waals surface area (Å²) in [6, 6.07) is 11.9. The molecular formula is C28H34N6O4S. The van der Waals surface area contributed by atoms with Gasteiger partial charge in [-0.05, 0) is 79.2 Å². The van der Waals surface area contributed by atoms with Gasteiger partial charge in [0, 0.05) is 38.6 Å². The lowest BCUT2D eigenvalue weighted by Gasteiger charge is -2.32. The van der Waals surface area contributed by atoms with Crippen molar-refractivity contribution in [2.24, 2.45) is 5.73 Å². The highest BCUT2D eigenvalue weighted by molar-refractivity contribution is 7.09. The lowest BCUT2D eigenvalue weighted by molar-refractivity contribution is -0.123. The Bertz CT molecular complexity index is 1360. The first kappa shape index (κ1) is 28.1. The Kier molecular flexibility index (Phi) is 8.51. The molecule has 3 aromatic rings. The highest BCUT2D eigenvalue weighted by Gasteiger charge is 2.36. The van der Waals surface area contributed by atoms with Crippen molar-refractivity contribution in [2.45, 2.75) is 38.8 Å². The van der Waals surface area contributed by atoms with Crippen molar-refractivity contribution in [3.05, 3.63) is 69.7 Å². The van der Waals surface area contributed by atoms with Crippen LogP contribution in [0, 0.1) is 13.8 Å². The minimum atomic E-state index is -1.05. The molecule has 1 saturated heterocycles. The van der Waals surface area contributed by atoms with Gasteiger partial charge >= 0.3 is 0 Å². The summed E-state index contributed by atoms with van der Waals surface area (Å²) in [5, 5.41) is 3.00. The molecule has 2 aromatic carbocycles. The van der Waals surface area contributed by atoms with E-state index in [0.717, 1.165) is 41.2 Å². The fourth-order valence-corrected chi connectivity index (χ4v) is 5.23. The van der Waals surface area contributed by atoms with Crippen LogP contribution in [0.4, 0.5) is 17.1 Å². The van der Waals surface area contributed by atoms with Gasteiger partial charge in [-0.15, -0.1) is 0 Å². The average Bonchev–Trinajstić information content (AvgIpc) is 3.57. The van der Waals surface area contributed by atoms with Crippen molar-refractivity contribution >= 4 is 46.3 Å². The molecule has 206 valence electrons. The van der Waals surface area contributed by atoms with Crippen LogP contribution in [0.2, 0.25) is 0 Å². The minimum Gasteiger partial charge on any atom is -0.395 e. The van der Waals surface area contributed by atoms with E-state index >= 15 is 0 Å². The third-order valence-corrected chi connectivity index (χ3v) is 7.75. The number of primary amides is 1. The van der Waals surface area contributed by atoms with Gasteiger partial charge in [-0.3, -0.25) is 19.3 Å². The Labute approximate surface area is 232 Å². The van der Waals surface area contributed by atoms with Crippen LogP contribution in [0.25, 0.3) is 0 Å². The lowest BCUT2D eigenvalue weighted by atomic mass is 10.0. The van der Waals surface area contributed by atoms with Crippen molar-refractivity contribution in [3.63, 3.8) is 0 Å². The molecule has 1 fully saturated rings. The Balaban J connectivity index is 1.84. The number of anilines is 3. The van der Waals surface area contributed by atoms with E-state index in [1.807, 2.05) is 69.2 Å². The number of hydrogen-bond acceptors (Lipinski definition) is 8. The average molecular weight is 551 g/mol. The number of ether oxygens (including phenoxy) is 1. The van der Waals surface area contributed by atoms with Crippen LogP contribution in [0.5, 0.6) is 0 Å². The van der Waals surface area contributed by atoms with Crippen molar-refractivity contribution in [3.8, 4) is 0 Å². The summed E-state index contributed by atoms with van der Waals surface area (Å²) >= 11 is 0.782. The maximum Gasteiger partial charge on any atom is 0.273 e. The second-order valence-corrected chi connectivity index (χ2v) is 10.6. The molecule has 1 aromatic heterocycles. The van der Waals surface area contributed by atoms with Crippen molar-refractivity contribution in [1.29, 1.82) is 0 Å². The molecule has 4 rings (SSSR count). The normalized spacial score (nSPS) is 15.5. The van der Waals surface area contributed by atoms with Crippen LogP contribution in [-0.2, 0) is 9.53 Å². The predicted octanol–water partition coefficient (Wildman–Crippen LogP) is 3.19. The molecule has 2 heterocycles. The molecule has 39 heavy (non-hydrogen) atoms. The monoisotopic (exact) mass is 550 g/mol. The van der Waals surface area contributed by atoms with E-state index in [0.29, 0.717) is 24.4 Å². The SMILES string of the molecule is Cc1ccc(N(C(=O)c2snc(C(N)=O)c2N)C(C(=O)NCC2CCCO2)c2ccc(N(C)C)cc2)cc1C. The summed E-state index contributed by atoms with van der Waals surface area (Å²) in [5.41, 5.74) is 15.3. The molecule has 1 aliphatic rings. The summed E-state index contributed by atoms with van der Waals surface area (Å²) in [5.74, 6) is -1.76. The standard InChI is InChI=1S/C28H34N6O4S/c1-16-7-10-20(14-17(16)2)34(28(37)25-22(29)23(26(30)35)32-39-25)24(18-8-11-19(12-9-18)33(3)4)27(36)31-15-21-6-5-13-38-21/h7-12,14,21,24H,5-6,13,15,29H2,1-4H3,(H2,30,35)(H,31,36). The molecule has 0 aliphatic carbocycles. The van der Waals surface area contributed by atoms with Gasteiger partial charge in [-0.1, -0.05) is 18.2 Å². The maximum atomic E-state index is 14.2. The molecule has 2 atom stereocenters. The van der Waals surface area contributed by atoms with Crippen molar-refractivity contribution in [2.75, 3.05) is 42.8 Å². The number of carbonyl (C=O) groups is 3. The number of carbonyl (C=O) groups excluding carboxylic acids is 3. The summed E-state index contributed by atoms with van der Waals surface area (Å²) in [4.78, 5) is 43.4. The molecule has 5 N–H and O–H groups in total. The molecule has 3 amide bonds. The fourth-order valence-electron chi connectivity index (χ4n) is 4.49. The van der Waals surface area contributed by atoms with Crippen LogP contribution >= 0.6 is 11.5 Å². The smallest absolute Gasteiger partial charge is 0.273 e. The summed E-state index contributed by atoms with van der Waals surface area (Å²) < 4.78 is 9.71. The van der Waals surface area contributed by atoms with Gasteiger partial charge in [0.25, 0.3) is 11.8 Å². The van der Waals surface area contributed by atoms with Gasteiger partial charge < -0.3 is 26.4 Å². The first-order valence-corrected chi connectivity index (χ1v) is 13.5. The van der Waals surface area contributed by atoms with Gasteiger partial charge in [0.05, 0.1) is 11.8 Å². The molecular weight excluding hydrogens is 516 g/mol. The van der Waals surface area contributed by atoms with Gasteiger partial charge in [0.2, 0.25) is 5.91 Å². The lowest BCUT2D eigenvalue weighted by Crippen LogP contribution is -2.45. The highest BCUT2D eigenvalue weighted by atomic mass is 32.1. The van der Waals surface area contributed by atoms with Gasteiger partial charge in [-0.25, -0.2) is 0 Å². The largest absolute Gasteiger partial charge is 0.395 e. The number of hydrogen-bond donors (Lipinski definition) is 3. The van der Waals surface area contributed by atoms with Crippen LogP contribution in [0.1, 0.15) is 55.7 Å². The highest BCUT2D eigenvalue weighted by Crippen LogP contribution is 2.34. The zero-order chi connectivity index (χ0) is 28.3. The maximum absolute atomic E-state index is 14.2. The zero-order valence-corrected chi connectivity index (χ0v) is 23.4. The van der Waals surface area contributed by atoms with E-state index in [1.54, 1.807) is 6.07 Å². The van der Waals surface area contributed by atoms with E-state index in [-0.39, 0.29) is 28.3 Å². The van der Waals surface area contributed by atoms with Gasteiger partial charge in [-0.2, -0.15) is 4.37 Å². The fraction of sp³-hybridized carbons (Fsp3) is 0.357. The number of nitrogens with two attached hydrogens (primary N) is 2. The molecule has 11 heteroatoms. The van der Waals surface area contributed by atoms with E-state index in [1.165, 1.54) is 4.90 Å². The number of amides is 3. The molecule has 1 aliphatic heterocycles.